The monoisotopic (exact) mass is 319 g/mol. The van der Waals surface area contributed by atoms with Crippen LogP contribution < -0.4 is 11.1 Å². The predicted molar refractivity (Wildman–Crippen MR) is 69.2 cm³/mol. The molecule has 0 saturated carbocycles. The lowest BCUT2D eigenvalue weighted by atomic mass is 9.95. The molecule has 9 heteroatoms. The molecule has 1 aliphatic rings. The number of nitrogens with one attached hydrogen (secondary N) is 1. The van der Waals surface area contributed by atoms with Gasteiger partial charge in [0, 0.05) is 13.1 Å². The maximum absolute atomic E-state index is 12.9. The molecule has 0 aliphatic carbocycles. The fourth-order valence-corrected chi connectivity index (χ4v) is 2.49. The van der Waals surface area contributed by atoms with E-state index in [-0.39, 0.29) is 19.6 Å². The molecule has 2 heterocycles. The third-order valence-corrected chi connectivity index (χ3v) is 3.59. The second-order valence-electron chi connectivity index (χ2n) is 5.21. The van der Waals surface area contributed by atoms with E-state index in [2.05, 4.69) is 5.32 Å². The normalized spacial score (nSPS) is 22.7. The molecule has 0 bridgehead atoms. The number of nitrogens with zero attached hydrogens (tertiary/aromatic N) is 1. The van der Waals surface area contributed by atoms with Crippen LogP contribution in [0.5, 0.6) is 0 Å². The van der Waals surface area contributed by atoms with Gasteiger partial charge in [0.15, 0.2) is 0 Å². The Labute approximate surface area is 124 Å². The Hall–Kier alpha value is -2.03. The summed E-state index contributed by atoms with van der Waals surface area (Å²) in [5.41, 5.74) is 5.02. The first-order chi connectivity index (χ1) is 10.3. The van der Waals surface area contributed by atoms with Crippen LogP contribution in [-0.4, -0.2) is 42.5 Å². The number of primary amides is 1. The van der Waals surface area contributed by atoms with E-state index in [1.54, 1.807) is 12.1 Å². The third kappa shape index (κ3) is 4.00. The van der Waals surface area contributed by atoms with Gasteiger partial charge in [0.2, 0.25) is 11.8 Å². The van der Waals surface area contributed by atoms with E-state index in [4.69, 9.17) is 10.2 Å². The van der Waals surface area contributed by atoms with E-state index in [0.29, 0.717) is 5.76 Å². The molecule has 22 heavy (non-hydrogen) atoms. The molecule has 3 N–H and O–H groups in total. The lowest BCUT2D eigenvalue weighted by Gasteiger charge is -2.18. The molecule has 1 aromatic rings. The second-order valence-corrected chi connectivity index (χ2v) is 5.21. The van der Waals surface area contributed by atoms with Crippen LogP contribution in [-0.2, 0) is 16.1 Å². The van der Waals surface area contributed by atoms with Crippen LogP contribution in [0.25, 0.3) is 0 Å². The van der Waals surface area contributed by atoms with Crippen LogP contribution in [0, 0.1) is 11.8 Å². The first-order valence-electron chi connectivity index (χ1n) is 6.65. The van der Waals surface area contributed by atoms with E-state index >= 15 is 0 Å². The second kappa shape index (κ2) is 6.39. The fourth-order valence-electron chi connectivity index (χ4n) is 2.49. The van der Waals surface area contributed by atoms with Gasteiger partial charge in [-0.1, -0.05) is 0 Å². The van der Waals surface area contributed by atoms with E-state index in [0.717, 1.165) is 0 Å². The van der Waals surface area contributed by atoms with Gasteiger partial charge in [-0.05, 0) is 12.1 Å². The minimum absolute atomic E-state index is 0.154. The first kappa shape index (κ1) is 16.3. The van der Waals surface area contributed by atoms with Gasteiger partial charge in [-0.15, -0.1) is 0 Å². The number of hydrogen-bond acceptors (Lipinski definition) is 4. The van der Waals surface area contributed by atoms with Gasteiger partial charge >= 0.3 is 6.18 Å². The van der Waals surface area contributed by atoms with Crippen molar-refractivity contribution in [2.24, 2.45) is 17.6 Å². The summed E-state index contributed by atoms with van der Waals surface area (Å²) in [6, 6.07) is 3.33. The van der Waals surface area contributed by atoms with Crippen molar-refractivity contribution in [3.8, 4) is 0 Å². The van der Waals surface area contributed by atoms with Crippen molar-refractivity contribution in [1.82, 2.24) is 10.2 Å². The van der Waals surface area contributed by atoms with E-state index in [9.17, 15) is 22.8 Å². The summed E-state index contributed by atoms with van der Waals surface area (Å²) in [4.78, 5) is 24.2. The molecule has 122 valence electrons. The largest absolute Gasteiger partial charge is 0.467 e. The van der Waals surface area contributed by atoms with Gasteiger partial charge in [-0.3, -0.25) is 14.5 Å². The van der Waals surface area contributed by atoms with Crippen LogP contribution in [0.4, 0.5) is 13.2 Å². The molecular weight excluding hydrogens is 303 g/mol. The minimum Gasteiger partial charge on any atom is -0.467 e. The van der Waals surface area contributed by atoms with Gasteiger partial charge < -0.3 is 15.5 Å². The number of alkyl halides is 3. The number of halogens is 3. The molecule has 2 atom stereocenters. The Balaban J connectivity index is 1.88. The lowest BCUT2D eigenvalue weighted by Crippen LogP contribution is -2.37. The minimum atomic E-state index is -4.51. The maximum Gasteiger partial charge on any atom is 0.393 e. The number of likely N-dealkylation sites (tertiary alicyclic amines) is 1. The zero-order valence-corrected chi connectivity index (χ0v) is 11.6. The Morgan fingerprint density at radius 1 is 1.41 bits per heavy atom. The van der Waals surface area contributed by atoms with Crippen molar-refractivity contribution < 1.29 is 27.2 Å². The summed E-state index contributed by atoms with van der Waals surface area (Å²) in [6.45, 7) is -0.655. The molecule has 0 aromatic carbocycles. The summed E-state index contributed by atoms with van der Waals surface area (Å²) in [5, 5.41) is 2.54. The SMILES string of the molecule is NC(=O)[C@@H]1CN(CC(=O)NCc2ccco2)C[C@H]1C(F)(F)F. The third-order valence-electron chi connectivity index (χ3n) is 3.59. The fraction of sp³-hybridized carbons (Fsp3) is 0.538. The van der Waals surface area contributed by atoms with Crippen molar-refractivity contribution in [3.05, 3.63) is 24.2 Å². The van der Waals surface area contributed by atoms with Gasteiger partial charge in [-0.25, -0.2) is 0 Å². The van der Waals surface area contributed by atoms with Gasteiger partial charge in [0.1, 0.15) is 5.76 Å². The summed E-state index contributed by atoms with van der Waals surface area (Å²) < 4.78 is 43.6. The average Bonchev–Trinajstić information content (AvgIpc) is 3.04. The zero-order chi connectivity index (χ0) is 16.3. The molecule has 0 radical (unpaired) electrons. The summed E-state index contributed by atoms with van der Waals surface area (Å²) in [7, 11) is 0. The van der Waals surface area contributed by atoms with E-state index < -0.39 is 36.4 Å². The average molecular weight is 319 g/mol. The standard InChI is InChI=1S/C13H16F3N3O3/c14-13(15,16)10-6-19(5-9(10)12(17)21)7-11(20)18-4-8-2-1-3-22-8/h1-3,9-10H,4-7H2,(H2,17,21)(H,18,20)/t9-,10-/m1/s1. The highest BCUT2D eigenvalue weighted by atomic mass is 19.4. The van der Waals surface area contributed by atoms with Gasteiger partial charge in [-0.2, -0.15) is 13.2 Å². The van der Waals surface area contributed by atoms with Crippen LogP contribution in [0.2, 0.25) is 0 Å². The van der Waals surface area contributed by atoms with Crippen LogP contribution in [0.3, 0.4) is 0 Å². The first-order valence-corrected chi connectivity index (χ1v) is 6.65. The number of carbonyl (C=O) groups is 2. The summed E-state index contributed by atoms with van der Waals surface area (Å²) in [6.07, 6.45) is -3.06. The highest BCUT2D eigenvalue weighted by Gasteiger charge is 2.51. The molecule has 1 aliphatic heterocycles. The van der Waals surface area contributed by atoms with E-state index in [1.807, 2.05) is 0 Å². The predicted octanol–water partition coefficient (Wildman–Crippen LogP) is 0.491. The van der Waals surface area contributed by atoms with Gasteiger partial charge in [0.25, 0.3) is 0 Å². The quantitative estimate of drug-likeness (QED) is 0.827. The Morgan fingerprint density at radius 2 is 2.14 bits per heavy atom. The van der Waals surface area contributed by atoms with Crippen molar-refractivity contribution >= 4 is 11.8 Å². The number of rotatable bonds is 5. The van der Waals surface area contributed by atoms with E-state index in [1.165, 1.54) is 11.2 Å². The van der Waals surface area contributed by atoms with Crippen molar-refractivity contribution in [3.63, 3.8) is 0 Å². The molecular formula is C13H16F3N3O3. The van der Waals surface area contributed by atoms with Crippen LogP contribution in [0.15, 0.2) is 22.8 Å². The number of amides is 2. The van der Waals surface area contributed by atoms with Gasteiger partial charge in [0.05, 0.1) is 31.2 Å². The number of nitrogens with two attached hydrogens (primary N) is 1. The molecule has 0 spiro atoms. The summed E-state index contributed by atoms with van der Waals surface area (Å²) >= 11 is 0. The molecule has 1 fully saturated rings. The highest BCUT2D eigenvalue weighted by Crippen LogP contribution is 2.37. The number of hydrogen-bond donors (Lipinski definition) is 2. The topological polar surface area (TPSA) is 88.6 Å². The molecule has 1 saturated heterocycles. The molecule has 1 aromatic heterocycles. The molecule has 2 rings (SSSR count). The Kier molecular flexibility index (Phi) is 4.74. The Morgan fingerprint density at radius 3 is 2.64 bits per heavy atom. The van der Waals surface area contributed by atoms with Crippen molar-refractivity contribution in [2.45, 2.75) is 12.7 Å². The molecule has 2 amide bonds. The zero-order valence-electron chi connectivity index (χ0n) is 11.6. The molecule has 0 unspecified atom stereocenters. The van der Waals surface area contributed by atoms with Crippen molar-refractivity contribution in [2.75, 3.05) is 19.6 Å². The van der Waals surface area contributed by atoms with Crippen molar-refractivity contribution in [1.29, 1.82) is 0 Å². The smallest absolute Gasteiger partial charge is 0.393 e. The molecule has 6 nitrogen and oxygen atoms in total. The van der Waals surface area contributed by atoms with Crippen LogP contribution in [0.1, 0.15) is 5.76 Å². The number of carbonyl (C=O) groups excluding carboxylic acids is 2. The highest BCUT2D eigenvalue weighted by molar-refractivity contribution is 5.79. The lowest BCUT2D eigenvalue weighted by molar-refractivity contribution is -0.182. The maximum atomic E-state index is 12.9. The Bertz CT molecular complexity index is 530. The number of furan rings is 1. The van der Waals surface area contributed by atoms with Crippen LogP contribution >= 0.6 is 0 Å². The summed E-state index contributed by atoms with van der Waals surface area (Å²) in [5.74, 6) is -4.05.